The van der Waals surface area contributed by atoms with Crippen LogP contribution in [0.15, 0.2) is 140 Å². The van der Waals surface area contributed by atoms with Crippen molar-refractivity contribution in [1.82, 2.24) is 4.57 Å². The molecule has 3 aliphatic carbocycles. The van der Waals surface area contributed by atoms with Gasteiger partial charge in [0, 0.05) is 49.6 Å². The molecule has 0 N–H and O–H groups in total. The molecule has 0 spiro atoms. The van der Waals surface area contributed by atoms with E-state index in [4.69, 9.17) is 0 Å². The molecule has 8 aromatic carbocycles. The van der Waals surface area contributed by atoms with E-state index in [-0.39, 0.29) is 33.9 Å². The van der Waals surface area contributed by atoms with Gasteiger partial charge in [-0.05, 0) is 148 Å². The smallest absolute Gasteiger partial charge is 0.333 e. The number of rotatable bonds is 1. The van der Waals surface area contributed by atoms with E-state index in [9.17, 15) is 0 Å². The maximum absolute atomic E-state index is 2.75. The zero-order chi connectivity index (χ0) is 46.9. The monoisotopic (exact) mass is 878 g/mol. The van der Waals surface area contributed by atoms with Crippen LogP contribution in [0.2, 0.25) is 0 Å². The molecule has 0 amide bonds. The van der Waals surface area contributed by atoms with Crippen LogP contribution in [0.25, 0.3) is 72.0 Å². The molecule has 3 heterocycles. The summed E-state index contributed by atoms with van der Waals surface area (Å²) < 4.78 is 2.71. The Balaban J connectivity index is 1.14. The molecule has 68 heavy (non-hydrogen) atoms. The number of benzene rings is 8. The SMILES string of the molecule is CC(C)(C)c1ccc(N2B3c4cc5c(cc4-n4c6cc7c(cc6c6ccc(c3c64)-c3cc4c(cc32)-c2cc(C(C)(C)C)ccc2C4(C)C)-c2ccccc2C7(C)C)C(C)(C)c2ccccc2-5)cc1. The highest BCUT2D eigenvalue weighted by atomic mass is 15.1. The second-order valence-corrected chi connectivity index (χ2v) is 24.6. The van der Waals surface area contributed by atoms with E-state index in [0.717, 1.165) is 0 Å². The highest BCUT2D eigenvalue weighted by molar-refractivity contribution is 6.93. The third-order valence-corrected chi connectivity index (χ3v) is 17.7. The molecule has 9 aromatic rings. The lowest BCUT2D eigenvalue weighted by molar-refractivity contribution is 0.589. The molecule has 0 unspecified atom stereocenters. The zero-order valence-electron chi connectivity index (χ0n) is 41.8. The number of nitrogens with zero attached hydrogens (tertiary/aromatic N) is 2. The van der Waals surface area contributed by atoms with E-state index >= 15 is 0 Å². The highest BCUT2D eigenvalue weighted by Gasteiger charge is 2.48. The Morgan fingerprint density at radius 1 is 0.397 bits per heavy atom. The molecule has 0 bridgehead atoms. The Labute approximate surface area is 402 Å². The first-order chi connectivity index (χ1) is 32.3. The van der Waals surface area contributed by atoms with Gasteiger partial charge in [-0.3, -0.25) is 0 Å². The topological polar surface area (TPSA) is 8.17 Å². The predicted octanol–water partition coefficient (Wildman–Crippen LogP) is 15.5. The summed E-state index contributed by atoms with van der Waals surface area (Å²) >= 11 is 0. The minimum absolute atomic E-state index is 0.0342. The average Bonchev–Trinajstić information content (AvgIpc) is 3.92. The average molecular weight is 879 g/mol. The molecule has 3 heteroatoms. The first-order valence-corrected chi connectivity index (χ1v) is 25.0. The molecule has 2 aliphatic heterocycles. The summed E-state index contributed by atoms with van der Waals surface area (Å²) in [4.78, 5) is 2.75. The molecule has 332 valence electrons. The standard InChI is InChI=1S/C65H59BN2/c1-61(2,3)36-21-24-38(25-22-36)68-57-33-46-43-29-37(62(4,5)6)23-28-51(43)65(11,12)52(46)31-48(57)41-26-27-42-47-30-44-39-17-13-15-19-49(39)63(7,8)53(44)34-56(47)67-58-35-54-45(32-55(58)66(68)59(41)60(42)67)40-18-14-16-20-50(40)64(54,9)10/h13-35H,1-12H3. The van der Waals surface area contributed by atoms with Gasteiger partial charge in [-0.15, -0.1) is 0 Å². The van der Waals surface area contributed by atoms with Crippen molar-refractivity contribution in [2.24, 2.45) is 0 Å². The zero-order valence-corrected chi connectivity index (χ0v) is 41.8. The molecule has 0 saturated heterocycles. The Morgan fingerprint density at radius 3 is 1.59 bits per heavy atom. The molecule has 0 saturated carbocycles. The highest BCUT2D eigenvalue weighted by Crippen LogP contribution is 2.57. The molecule has 5 aliphatic rings. The third kappa shape index (κ3) is 4.90. The Bertz CT molecular complexity index is 3780. The van der Waals surface area contributed by atoms with Gasteiger partial charge in [-0.2, -0.15) is 0 Å². The lowest BCUT2D eigenvalue weighted by atomic mass is 9.43. The van der Waals surface area contributed by atoms with Gasteiger partial charge < -0.3 is 9.38 Å². The fraction of sp³-hybridized carbons (Fsp3) is 0.262. The Kier molecular flexibility index (Phi) is 7.47. The van der Waals surface area contributed by atoms with E-state index in [1.807, 2.05) is 0 Å². The lowest BCUT2D eigenvalue weighted by Gasteiger charge is -2.43. The van der Waals surface area contributed by atoms with Gasteiger partial charge in [0.1, 0.15) is 0 Å². The fourth-order valence-corrected chi connectivity index (χ4v) is 13.9. The van der Waals surface area contributed by atoms with E-state index < -0.39 is 0 Å². The maximum Gasteiger partial charge on any atom is 0.333 e. The second kappa shape index (κ2) is 12.5. The van der Waals surface area contributed by atoms with Gasteiger partial charge in [0.15, 0.2) is 0 Å². The third-order valence-electron chi connectivity index (χ3n) is 17.7. The van der Waals surface area contributed by atoms with Gasteiger partial charge in [-0.25, -0.2) is 0 Å². The largest absolute Gasteiger partial charge is 0.376 e. The van der Waals surface area contributed by atoms with Crippen molar-refractivity contribution in [3.63, 3.8) is 0 Å². The summed E-state index contributed by atoms with van der Waals surface area (Å²) in [6, 6.07) is 55.7. The van der Waals surface area contributed by atoms with Gasteiger partial charge in [0.2, 0.25) is 0 Å². The van der Waals surface area contributed by atoms with E-state index in [1.165, 1.54) is 139 Å². The molecule has 0 fully saturated rings. The van der Waals surface area contributed by atoms with Crippen LogP contribution in [-0.2, 0) is 27.1 Å². The summed E-state index contributed by atoms with van der Waals surface area (Å²) in [6.07, 6.45) is 0. The summed E-state index contributed by atoms with van der Waals surface area (Å²) in [5.74, 6) is 0. The Morgan fingerprint density at radius 2 is 0.941 bits per heavy atom. The number of hydrogen-bond donors (Lipinski definition) is 0. The number of hydrogen-bond acceptors (Lipinski definition) is 1. The fourth-order valence-electron chi connectivity index (χ4n) is 13.9. The minimum Gasteiger partial charge on any atom is -0.376 e. The van der Waals surface area contributed by atoms with E-state index in [1.54, 1.807) is 0 Å². The molecule has 14 rings (SSSR count). The van der Waals surface area contributed by atoms with Gasteiger partial charge in [-0.1, -0.05) is 180 Å². The van der Waals surface area contributed by atoms with Crippen LogP contribution in [0, 0.1) is 0 Å². The van der Waals surface area contributed by atoms with Crippen LogP contribution in [0.5, 0.6) is 0 Å². The van der Waals surface area contributed by atoms with Crippen molar-refractivity contribution >= 4 is 51.0 Å². The summed E-state index contributed by atoms with van der Waals surface area (Å²) in [5.41, 5.74) is 30.9. The summed E-state index contributed by atoms with van der Waals surface area (Å²) in [7, 11) is 0. The van der Waals surface area contributed by atoms with Gasteiger partial charge in [0.25, 0.3) is 0 Å². The van der Waals surface area contributed by atoms with Crippen molar-refractivity contribution in [2.75, 3.05) is 4.81 Å². The normalized spacial score (nSPS) is 16.8. The van der Waals surface area contributed by atoms with E-state index in [2.05, 4.69) is 232 Å². The number of anilines is 2. The van der Waals surface area contributed by atoms with Crippen LogP contribution < -0.4 is 15.7 Å². The molecular formula is C65H59BN2. The van der Waals surface area contributed by atoms with Crippen molar-refractivity contribution in [1.29, 1.82) is 0 Å². The van der Waals surface area contributed by atoms with Gasteiger partial charge in [0.05, 0.1) is 11.0 Å². The van der Waals surface area contributed by atoms with E-state index in [0.29, 0.717) is 0 Å². The van der Waals surface area contributed by atoms with Crippen LogP contribution in [0.4, 0.5) is 11.4 Å². The predicted molar refractivity (Wildman–Crippen MR) is 290 cm³/mol. The lowest BCUT2D eigenvalue weighted by Crippen LogP contribution is -2.60. The number of aromatic nitrogens is 1. The number of fused-ring (bicyclic) bond motifs is 17. The first kappa shape index (κ1) is 40.5. The molecule has 2 nitrogen and oxygen atoms in total. The minimum atomic E-state index is -0.153. The van der Waals surface area contributed by atoms with Crippen LogP contribution >= 0.6 is 0 Å². The molecule has 0 atom stereocenters. The summed E-state index contributed by atoms with van der Waals surface area (Å²) in [6.45, 7) is 28.5. The second-order valence-electron chi connectivity index (χ2n) is 24.6. The molecule has 1 aromatic heterocycles. The first-order valence-electron chi connectivity index (χ1n) is 25.0. The maximum atomic E-state index is 2.75. The van der Waals surface area contributed by atoms with Crippen LogP contribution in [-0.4, -0.2) is 11.4 Å². The van der Waals surface area contributed by atoms with Crippen LogP contribution in [0.3, 0.4) is 0 Å². The Hall–Kier alpha value is -6.58. The summed E-state index contributed by atoms with van der Waals surface area (Å²) in [5, 5.41) is 2.66. The molecular weight excluding hydrogens is 820 g/mol. The van der Waals surface area contributed by atoms with Crippen molar-refractivity contribution in [3.8, 4) is 50.2 Å². The molecule has 0 radical (unpaired) electrons. The van der Waals surface area contributed by atoms with Crippen LogP contribution in [0.1, 0.15) is 128 Å². The van der Waals surface area contributed by atoms with Gasteiger partial charge >= 0.3 is 6.85 Å². The van der Waals surface area contributed by atoms with Crippen molar-refractivity contribution in [3.05, 3.63) is 184 Å². The van der Waals surface area contributed by atoms with Crippen molar-refractivity contribution in [2.45, 2.75) is 110 Å². The van der Waals surface area contributed by atoms with Crippen molar-refractivity contribution < 1.29 is 0 Å². The quantitative estimate of drug-likeness (QED) is 0.149.